The number of hydrogen-bond acceptors (Lipinski definition) is 4. The number of rotatable bonds is 7. The fraction of sp³-hybridized carbons (Fsp3) is 0.500. The van der Waals surface area contributed by atoms with Crippen molar-refractivity contribution in [3.8, 4) is 6.07 Å². The first-order valence-corrected chi connectivity index (χ1v) is 8.96. The lowest BCUT2D eigenvalue weighted by atomic mass is 10.1. The quantitative estimate of drug-likeness (QED) is 0.762. The monoisotopic (exact) mass is 337 g/mol. The van der Waals surface area contributed by atoms with Crippen LogP contribution in [0, 0.1) is 18.3 Å². The Hall–Kier alpha value is -1.91. The van der Waals surface area contributed by atoms with Gasteiger partial charge in [-0.05, 0) is 24.6 Å². The van der Waals surface area contributed by atoms with E-state index in [2.05, 4.69) is 0 Å². The molecule has 0 saturated heterocycles. The summed E-state index contributed by atoms with van der Waals surface area (Å²) in [4.78, 5) is 14.0. The number of nitrogens with zero attached hydrogens (tertiary/aromatic N) is 3. The summed E-state index contributed by atoms with van der Waals surface area (Å²) < 4.78 is 26.5. The predicted octanol–water partition coefficient (Wildman–Crippen LogP) is 2.01. The zero-order chi connectivity index (χ0) is 17.6. The molecule has 126 valence electrons. The lowest BCUT2D eigenvalue weighted by Gasteiger charge is -2.21. The fourth-order valence-electron chi connectivity index (χ4n) is 2.23. The summed E-state index contributed by atoms with van der Waals surface area (Å²) >= 11 is 0. The van der Waals surface area contributed by atoms with Gasteiger partial charge in [-0.2, -0.15) is 9.57 Å². The number of amides is 1. The Morgan fingerprint density at radius 2 is 1.87 bits per heavy atom. The number of carbonyl (C=O) groups excluding carboxylic acids is 1. The first-order chi connectivity index (χ1) is 10.8. The van der Waals surface area contributed by atoms with Crippen molar-refractivity contribution in [3.63, 3.8) is 0 Å². The van der Waals surface area contributed by atoms with Crippen LogP contribution < -0.4 is 0 Å². The molecule has 0 bridgehead atoms. The van der Waals surface area contributed by atoms with Gasteiger partial charge in [0.25, 0.3) is 5.91 Å². The average molecular weight is 337 g/mol. The molecule has 1 amide bonds. The van der Waals surface area contributed by atoms with E-state index < -0.39 is 10.0 Å². The molecular formula is C16H23N3O3S. The molecule has 0 aliphatic heterocycles. The van der Waals surface area contributed by atoms with E-state index in [0.717, 1.165) is 0 Å². The number of carbonyl (C=O) groups is 1. The molecule has 0 unspecified atom stereocenters. The van der Waals surface area contributed by atoms with Crippen molar-refractivity contribution in [2.75, 3.05) is 26.7 Å². The van der Waals surface area contributed by atoms with Gasteiger partial charge in [0.1, 0.15) is 0 Å². The van der Waals surface area contributed by atoms with Crippen molar-refractivity contribution in [3.05, 3.63) is 29.3 Å². The maximum atomic E-state index is 12.6. The molecule has 1 rings (SSSR count). The van der Waals surface area contributed by atoms with Crippen LogP contribution in [0.25, 0.3) is 0 Å². The number of aryl methyl sites for hydroxylation is 1. The minimum absolute atomic E-state index is 0.115. The molecule has 0 N–H and O–H groups in total. The third-order valence-corrected chi connectivity index (χ3v) is 5.73. The van der Waals surface area contributed by atoms with Crippen LogP contribution in [-0.4, -0.2) is 50.2 Å². The summed E-state index contributed by atoms with van der Waals surface area (Å²) in [6.45, 7) is 6.37. The van der Waals surface area contributed by atoms with Gasteiger partial charge in [0.15, 0.2) is 0 Å². The van der Waals surface area contributed by atoms with Gasteiger partial charge in [0.2, 0.25) is 10.0 Å². The second-order valence-electron chi connectivity index (χ2n) is 5.20. The van der Waals surface area contributed by atoms with Crippen LogP contribution in [0.4, 0.5) is 0 Å². The molecule has 0 heterocycles. The van der Waals surface area contributed by atoms with Crippen molar-refractivity contribution >= 4 is 15.9 Å². The number of nitriles is 1. The zero-order valence-electron chi connectivity index (χ0n) is 14.0. The van der Waals surface area contributed by atoms with Crippen molar-refractivity contribution in [1.29, 1.82) is 5.26 Å². The molecule has 0 spiro atoms. The molecule has 0 saturated carbocycles. The first kappa shape index (κ1) is 19.1. The van der Waals surface area contributed by atoms with E-state index in [1.165, 1.54) is 21.3 Å². The normalized spacial score (nSPS) is 11.3. The zero-order valence-corrected chi connectivity index (χ0v) is 14.9. The highest BCUT2D eigenvalue weighted by Crippen LogP contribution is 2.20. The maximum absolute atomic E-state index is 12.6. The third kappa shape index (κ3) is 4.30. The topological polar surface area (TPSA) is 81.5 Å². The Bertz CT molecular complexity index is 704. The van der Waals surface area contributed by atoms with Gasteiger partial charge in [0.05, 0.1) is 17.4 Å². The Balaban J connectivity index is 3.24. The highest BCUT2D eigenvalue weighted by Gasteiger charge is 2.24. The average Bonchev–Trinajstić information content (AvgIpc) is 2.53. The molecule has 7 heteroatoms. The van der Waals surface area contributed by atoms with E-state index >= 15 is 0 Å². The Labute approximate surface area is 138 Å². The molecule has 1 aromatic rings. The van der Waals surface area contributed by atoms with Crippen LogP contribution in [0.3, 0.4) is 0 Å². The third-order valence-electron chi connectivity index (χ3n) is 3.69. The summed E-state index contributed by atoms with van der Waals surface area (Å²) in [6, 6.07) is 6.58. The van der Waals surface area contributed by atoms with Crippen LogP contribution in [0.1, 0.15) is 36.2 Å². The van der Waals surface area contributed by atoms with Crippen LogP contribution in [0.5, 0.6) is 0 Å². The summed E-state index contributed by atoms with van der Waals surface area (Å²) in [5, 5.41) is 8.62. The summed E-state index contributed by atoms with van der Waals surface area (Å²) in [5.41, 5.74) is 1.05. The minimum atomic E-state index is -3.61. The van der Waals surface area contributed by atoms with Crippen molar-refractivity contribution in [2.24, 2.45) is 0 Å². The van der Waals surface area contributed by atoms with Crippen LogP contribution >= 0.6 is 0 Å². The predicted molar refractivity (Wildman–Crippen MR) is 88.5 cm³/mol. The van der Waals surface area contributed by atoms with Gasteiger partial charge in [0, 0.05) is 32.2 Å². The summed E-state index contributed by atoms with van der Waals surface area (Å²) in [7, 11) is -2.00. The highest BCUT2D eigenvalue weighted by molar-refractivity contribution is 7.89. The van der Waals surface area contributed by atoms with Crippen molar-refractivity contribution in [1.82, 2.24) is 9.21 Å². The van der Waals surface area contributed by atoms with Gasteiger partial charge in [-0.3, -0.25) is 4.79 Å². The second kappa shape index (κ2) is 8.09. The fourth-order valence-corrected chi connectivity index (χ4v) is 3.71. The van der Waals surface area contributed by atoms with Gasteiger partial charge < -0.3 is 4.90 Å². The number of hydrogen-bond donors (Lipinski definition) is 0. The van der Waals surface area contributed by atoms with E-state index in [0.29, 0.717) is 30.8 Å². The largest absolute Gasteiger partial charge is 0.341 e. The molecule has 0 atom stereocenters. The standard InChI is InChI=1S/C16H23N3O3S/c1-5-19(6-2)23(21,22)14-9-8-13(3)15(12-14)16(20)18(4)11-7-10-17/h8-9,12H,5-7,11H2,1-4H3. The van der Waals surface area contributed by atoms with Gasteiger partial charge >= 0.3 is 0 Å². The first-order valence-electron chi connectivity index (χ1n) is 7.52. The lowest BCUT2D eigenvalue weighted by molar-refractivity contribution is 0.0797. The van der Waals surface area contributed by atoms with Gasteiger partial charge in [-0.25, -0.2) is 8.42 Å². The number of benzene rings is 1. The lowest BCUT2D eigenvalue weighted by Crippen LogP contribution is -2.31. The highest BCUT2D eigenvalue weighted by atomic mass is 32.2. The molecule has 1 aromatic carbocycles. The summed E-state index contributed by atoms with van der Waals surface area (Å²) in [6.07, 6.45) is 0.235. The van der Waals surface area contributed by atoms with Crippen LogP contribution in [-0.2, 0) is 10.0 Å². The van der Waals surface area contributed by atoms with Gasteiger partial charge in [-0.1, -0.05) is 19.9 Å². The van der Waals surface area contributed by atoms with E-state index in [-0.39, 0.29) is 17.2 Å². The smallest absolute Gasteiger partial charge is 0.253 e. The maximum Gasteiger partial charge on any atom is 0.253 e. The van der Waals surface area contributed by atoms with Crippen LogP contribution in [0.15, 0.2) is 23.1 Å². The molecule has 6 nitrogen and oxygen atoms in total. The van der Waals surface area contributed by atoms with E-state index in [1.54, 1.807) is 33.9 Å². The molecule has 0 aliphatic carbocycles. The van der Waals surface area contributed by atoms with Crippen molar-refractivity contribution in [2.45, 2.75) is 32.1 Å². The minimum Gasteiger partial charge on any atom is -0.341 e. The molecule has 0 fully saturated rings. The van der Waals surface area contributed by atoms with E-state index in [1.807, 2.05) is 6.07 Å². The van der Waals surface area contributed by atoms with E-state index in [9.17, 15) is 13.2 Å². The Morgan fingerprint density at radius 1 is 1.26 bits per heavy atom. The van der Waals surface area contributed by atoms with Crippen LogP contribution in [0.2, 0.25) is 0 Å². The van der Waals surface area contributed by atoms with E-state index in [4.69, 9.17) is 5.26 Å². The molecule has 0 aromatic heterocycles. The number of sulfonamides is 1. The molecular weight excluding hydrogens is 314 g/mol. The Morgan fingerprint density at radius 3 is 2.39 bits per heavy atom. The second-order valence-corrected chi connectivity index (χ2v) is 7.14. The molecule has 23 heavy (non-hydrogen) atoms. The summed E-state index contributed by atoms with van der Waals surface area (Å²) in [5.74, 6) is -0.283. The molecule has 0 aliphatic rings. The molecule has 0 radical (unpaired) electrons. The Kier molecular flexibility index (Phi) is 6.73. The van der Waals surface area contributed by atoms with Gasteiger partial charge in [-0.15, -0.1) is 0 Å². The SMILES string of the molecule is CCN(CC)S(=O)(=O)c1ccc(C)c(C(=O)N(C)CCC#N)c1. The van der Waals surface area contributed by atoms with Crippen molar-refractivity contribution < 1.29 is 13.2 Å².